The lowest BCUT2D eigenvalue weighted by molar-refractivity contribution is -0.113. The van der Waals surface area contributed by atoms with Crippen LogP contribution in [0.5, 0.6) is 0 Å². The monoisotopic (exact) mass is 315 g/mol. The number of allylic oxidation sites excluding steroid dienone is 1. The van der Waals surface area contributed by atoms with Gasteiger partial charge in [-0.2, -0.15) is 0 Å². The number of halogens is 1. The van der Waals surface area contributed by atoms with Crippen LogP contribution >= 0.6 is 0 Å². The number of anilines is 1. The molecule has 1 aromatic heterocycles. The summed E-state index contributed by atoms with van der Waals surface area (Å²) in [4.78, 5) is 24.3. The molecule has 0 radical (unpaired) electrons. The number of carbonyl (C=O) groups excluding carboxylic acids is 2. The van der Waals surface area contributed by atoms with Crippen molar-refractivity contribution in [1.29, 1.82) is 0 Å². The number of hydrogen-bond donors (Lipinski definition) is 3. The van der Waals surface area contributed by atoms with Gasteiger partial charge in [0.15, 0.2) is 0 Å². The Morgan fingerprint density at radius 2 is 2.00 bits per heavy atom. The summed E-state index contributed by atoms with van der Waals surface area (Å²) in [5, 5.41) is 7.90. The van der Waals surface area contributed by atoms with E-state index < -0.39 is 23.8 Å². The lowest BCUT2D eigenvalue weighted by atomic mass is 10.00. The zero-order chi connectivity index (χ0) is 16.4. The van der Waals surface area contributed by atoms with Gasteiger partial charge >= 0.3 is 6.03 Å². The Morgan fingerprint density at radius 3 is 2.65 bits per heavy atom. The molecule has 0 fully saturated rings. The van der Waals surface area contributed by atoms with Crippen LogP contribution in [0, 0.1) is 5.82 Å². The quantitative estimate of drug-likeness (QED) is 0.814. The fourth-order valence-corrected chi connectivity index (χ4v) is 2.40. The molecular formula is C16H14FN3O3. The highest BCUT2D eigenvalue weighted by atomic mass is 19.1. The van der Waals surface area contributed by atoms with Crippen LogP contribution in [0.4, 0.5) is 14.9 Å². The van der Waals surface area contributed by atoms with Crippen LogP contribution in [-0.4, -0.2) is 11.9 Å². The average Bonchev–Trinajstić information content (AvgIpc) is 3.03. The van der Waals surface area contributed by atoms with Gasteiger partial charge in [0.25, 0.3) is 5.91 Å². The van der Waals surface area contributed by atoms with Crippen LogP contribution in [-0.2, 0) is 4.79 Å². The van der Waals surface area contributed by atoms with Crippen LogP contribution in [0.3, 0.4) is 0 Å². The first kappa shape index (κ1) is 14.8. The van der Waals surface area contributed by atoms with Crippen LogP contribution in [0.25, 0.3) is 0 Å². The summed E-state index contributed by atoms with van der Waals surface area (Å²) >= 11 is 0. The predicted octanol–water partition coefficient (Wildman–Crippen LogP) is 2.69. The molecule has 23 heavy (non-hydrogen) atoms. The van der Waals surface area contributed by atoms with Crippen LogP contribution in [0.2, 0.25) is 0 Å². The maximum atomic E-state index is 12.9. The summed E-state index contributed by atoms with van der Waals surface area (Å²) in [6, 6.07) is 7.66. The van der Waals surface area contributed by atoms with Gasteiger partial charge in [0.2, 0.25) is 0 Å². The molecule has 1 aliphatic heterocycles. The molecule has 0 aliphatic carbocycles. The molecule has 7 heteroatoms. The van der Waals surface area contributed by atoms with Crippen molar-refractivity contribution in [2.24, 2.45) is 0 Å². The number of hydrogen-bond acceptors (Lipinski definition) is 3. The highest BCUT2D eigenvalue weighted by Crippen LogP contribution is 2.27. The average molecular weight is 315 g/mol. The van der Waals surface area contributed by atoms with Gasteiger partial charge in [-0.25, -0.2) is 9.18 Å². The summed E-state index contributed by atoms with van der Waals surface area (Å²) in [5.74, 6) is -0.357. The minimum Gasteiger partial charge on any atom is -0.467 e. The first-order valence-corrected chi connectivity index (χ1v) is 6.93. The number of benzene rings is 1. The third kappa shape index (κ3) is 3.08. The lowest BCUT2D eigenvalue weighted by Crippen LogP contribution is -2.45. The van der Waals surface area contributed by atoms with Gasteiger partial charge in [-0.1, -0.05) is 0 Å². The molecule has 118 valence electrons. The summed E-state index contributed by atoms with van der Waals surface area (Å²) in [7, 11) is 0. The second-order valence-electron chi connectivity index (χ2n) is 5.05. The van der Waals surface area contributed by atoms with Gasteiger partial charge in [0.1, 0.15) is 17.6 Å². The van der Waals surface area contributed by atoms with E-state index in [4.69, 9.17) is 4.42 Å². The zero-order valence-corrected chi connectivity index (χ0v) is 12.2. The van der Waals surface area contributed by atoms with E-state index in [1.807, 2.05) is 0 Å². The van der Waals surface area contributed by atoms with E-state index in [0.29, 0.717) is 22.7 Å². The molecular weight excluding hydrogens is 301 g/mol. The number of carbonyl (C=O) groups is 2. The summed E-state index contributed by atoms with van der Waals surface area (Å²) in [5.41, 5.74) is 1.20. The van der Waals surface area contributed by atoms with E-state index in [2.05, 4.69) is 16.0 Å². The molecule has 0 saturated heterocycles. The molecule has 0 spiro atoms. The molecule has 1 aliphatic rings. The van der Waals surface area contributed by atoms with Crippen molar-refractivity contribution in [2.75, 3.05) is 5.32 Å². The third-order valence-electron chi connectivity index (χ3n) is 3.44. The van der Waals surface area contributed by atoms with Crippen molar-refractivity contribution in [3.63, 3.8) is 0 Å². The molecule has 3 amide bonds. The van der Waals surface area contributed by atoms with Gasteiger partial charge in [0, 0.05) is 11.4 Å². The summed E-state index contributed by atoms with van der Waals surface area (Å²) < 4.78 is 18.2. The number of amides is 3. The number of rotatable bonds is 3. The molecule has 0 bridgehead atoms. The Balaban J connectivity index is 1.90. The molecule has 0 saturated carbocycles. The highest BCUT2D eigenvalue weighted by molar-refractivity contribution is 6.06. The Bertz CT molecular complexity index is 766. The van der Waals surface area contributed by atoms with Crippen molar-refractivity contribution in [3.8, 4) is 0 Å². The van der Waals surface area contributed by atoms with E-state index in [-0.39, 0.29) is 0 Å². The zero-order valence-electron chi connectivity index (χ0n) is 12.2. The third-order valence-corrected chi connectivity index (χ3v) is 3.44. The topological polar surface area (TPSA) is 83.4 Å². The van der Waals surface area contributed by atoms with Crippen molar-refractivity contribution in [2.45, 2.75) is 13.0 Å². The smallest absolute Gasteiger partial charge is 0.319 e. The van der Waals surface area contributed by atoms with Crippen molar-refractivity contribution >= 4 is 17.6 Å². The maximum absolute atomic E-state index is 12.9. The second kappa shape index (κ2) is 5.96. The molecule has 1 atom stereocenters. The molecule has 3 N–H and O–H groups in total. The molecule has 0 unspecified atom stereocenters. The Kier molecular flexibility index (Phi) is 3.84. The van der Waals surface area contributed by atoms with Crippen molar-refractivity contribution in [3.05, 3.63) is 65.5 Å². The van der Waals surface area contributed by atoms with E-state index in [1.165, 1.54) is 30.5 Å². The van der Waals surface area contributed by atoms with Crippen LogP contribution in [0.1, 0.15) is 18.7 Å². The van der Waals surface area contributed by atoms with Crippen molar-refractivity contribution in [1.82, 2.24) is 10.6 Å². The highest BCUT2D eigenvalue weighted by Gasteiger charge is 2.32. The minimum absolute atomic E-state index is 0.323. The number of urea groups is 1. The summed E-state index contributed by atoms with van der Waals surface area (Å²) in [6.45, 7) is 1.63. The summed E-state index contributed by atoms with van der Waals surface area (Å²) in [6.07, 6.45) is 1.47. The van der Waals surface area contributed by atoms with E-state index in [0.717, 1.165) is 0 Å². The first-order chi connectivity index (χ1) is 11.0. The van der Waals surface area contributed by atoms with Gasteiger partial charge in [-0.05, 0) is 43.3 Å². The Hall–Kier alpha value is -3.09. The van der Waals surface area contributed by atoms with Gasteiger partial charge in [-0.15, -0.1) is 0 Å². The van der Waals surface area contributed by atoms with Gasteiger partial charge < -0.3 is 20.4 Å². The lowest BCUT2D eigenvalue weighted by Gasteiger charge is -2.27. The Morgan fingerprint density at radius 1 is 1.26 bits per heavy atom. The first-order valence-electron chi connectivity index (χ1n) is 6.93. The van der Waals surface area contributed by atoms with Gasteiger partial charge in [0.05, 0.1) is 11.8 Å². The van der Waals surface area contributed by atoms with E-state index >= 15 is 0 Å². The van der Waals surface area contributed by atoms with Crippen LogP contribution in [0.15, 0.2) is 58.3 Å². The molecule has 1 aromatic carbocycles. The minimum atomic E-state index is -0.695. The fourth-order valence-electron chi connectivity index (χ4n) is 2.40. The van der Waals surface area contributed by atoms with Crippen molar-refractivity contribution < 1.29 is 18.4 Å². The predicted molar refractivity (Wildman–Crippen MR) is 80.8 cm³/mol. The van der Waals surface area contributed by atoms with Gasteiger partial charge in [-0.3, -0.25) is 4.79 Å². The normalized spacial score (nSPS) is 17.5. The number of nitrogens with one attached hydrogen (secondary N) is 3. The standard InChI is InChI=1S/C16H14FN3O3/c1-9-13(15(21)19-11-6-4-10(17)5-7-11)14(20-16(22)18-9)12-3-2-8-23-12/h2-8,14H,1H3,(H,19,21)(H2,18,20,22)/t14-/m0/s1. The largest absolute Gasteiger partial charge is 0.467 e. The van der Waals surface area contributed by atoms with E-state index in [9.17, 15) is 14.0 Å². The van der Waals surface area contributed by atoms with Crippen LogP contribution < -0.4 is 16.0 Å². The fraction of sp³-hybridized carbons (Fsp3) is 0.125. The SMILES string of the molecule is CC1=C(C(=O)Nc2ccc(F)cc2)[C@H](c2ccco2)NC(=O)N1. The second-order valence-corrected chi connectivity index (χ2v) is 5.05. The molecule has 2 aromatic rings. The van der Waals surface area contributed by atoms with E-state index in [1.54, 1.807) is 19.1 Å². The molecule has 3 rings (SSSR count). The number of furan rings is 1. The Labute approximate surface area is 131 Å². The molecule has 6 nitrogen and oxygen atoms in total. The molecule has 2 heterocycles. The maximum Gasteiger partial charge on any atom is 0.319 e.